The van der Waals surface area contributed by atoms with Crippen LogP contribution < -0.4 is 4.72 Å². The van der Waals surface area contributed by atoms with Crippen LogP contribution in [0.4, 0.5) is 5.69 Å². The number of hydrogen-bond acceptors (Lipinski definition) is 7. The van der Waals surface area contributed by atoms with E-state index in [0.29, 0.717) is 15.7 Å². The number of phenols is 1. The van der Waals surface area contributed by atoms with Gasteiger partial charge in [0.15, 0.2) is 5.16 Å². The molecule has 0 spiro atoms. The Balaban J connectivity index is 1.86. The van der Waals surface area contributed by atoms with Crippen LogP contribution in [0.5, 0.6) is 5.75 Å². The molecule has 0 unspecified atom stereocenters. The lowest BCUT2D eigenvalue weighted by Crippen LogP contribution is -2.11. The topological polar surface area (TPSA) is 108 Å². The van der Waals surface area contributed by atoms with Gasteiger partial charge in [0.2, 0.25) is 0 Å². The largest absolute Gasteiger partial charge is 0.507 e. The molecule has 1 aromatic carbocycles. The van der Waals surface area contributed by atoms with Gasteiger partial charge in [-0.05, 0) is 41.4 Å². The summed E-state index contributed by atoms with van der Waals surface area (Å²) < 4.78 is 27.1. The van der Waals surface area contributed by atoms with Crippen molar-refractivity contribution >= 4 is 38.8 Å². The first-order valence-electron chi connectivity index (χ1n) is 5.97. The Morgan fingerprint density at radius 3 is 2.86 bits per heavy atom. The molecule has 0 aliphatic carbocycles. The molecule has 114 valence electrons. The van der Waals surface area contributed by atoms with Crippen LogP contribution in [-0.4, -0.2) is 28.7 Å². The van der Waals surface area contributed by atoms with Gasteiger partial charge in [0.25, 0.3) is 10.0 Å². The second-order valence-electron chi connectivity index (χ2n) is 4.11. The van der Waals surface area contributed by atoms with Crippen molar-refractivity contribution in [2.45, 2.75) is 14.3 Å². The van der Waals surface area contributed by atoms with Crippen LogP contribution in [0.1, 0.15) is 0 Å². The minimum absolute atomic E-state index is 0.0282. The van der Waals surface area contributed by atoms with Gasteiger partial charge in [0.1, 0.15) is 16.3 Å². The Labute approximate surface area is 134 Å². The number of thiophene rings is 1. The summed E-state index contributed by atoms with van der Waals surface area (Å²) >= 11 is 2.28. The standard InChI is InChI=1S/C12H10N4O3S3/c17-9-4-3-8(6-10(9)21-12-13-7-14-15-12)16-22(18,19)11-2-1-5-20-11/h1-7,16-17H,(H,13,14,15). The van der Waals surface area contributed by atoms with E-state index in [4.69, 9.17) is 0 Å². The fourth-order valence-electron chi connectivity index (χ4n) is 1.63. The van der Waals surface area contributed by atoms with Gasteiger partial charge in [-0.25, -0.2) is 13.4 Å². The number of hydrogen-bond donors (Lipinski definition) is 3. The minimum Gasteiger partial charge on any atom is -0.507 e. The molecule has 3 N–H and O–H groups in total. The first kappa shape index (κ1) is 14.9. The smallest absolute Gasteiger partial charge is 0.271 e. The molecule has 3 aromatic rings. The summed E-state index contributed by atoms with van der Waals surface area (Å²) in [5.74, 6) is 0.0282. The highest BCUT2D eigenvalue weighted by atomic mass is 32.2. The van der Waals surface area contributed by atoms with Crippen LogP contribution in [-0.2, 0) is 10.0 Å². The summed E-state index contributed by atoms with van der Waals surface area (Å²) in [6, 6.07) is 7.64. The van der Waals surface area contributed by atoms with Crippen molar-refractivity contribution in [1.29, 1.82) is 0 Å². The molecule has 0 fully saturated rings. The highest BCUT2D eigenvalue weighted by Gasteiger charge is 2.16. The van der Waals surface area contributed by atoms with Crippen molar-refractivity contribution in [3.8, 4) is 5.75 Å². The maximum atomic E-state index is 12.2. The summed E-state index contributed by atoms with van der Waals surface area (Å²) in [6.45, 7) is 0. The van der Waals surface area contributed by atoms with E-state index < -0.39 is 10.0 Å². The number of rotatable bonds is 5. The maximum Gasteiger partial charge on any atom is 0.271 e. The predicted octanol–water partition coefficient (Wildman–Crippen LogP) is 2.52. The lowest BCUT2D eigenvalue weighted by Gasteiger charge is -2.09. The Kier molecular flexibility index (Phi) is 4.05. The van der Waals surface area contributed by atoms with Gasteiger partial charge in [-0.1, -0.05) is 6.07 Å². The van der Waals surface area contributed by atoms with Crippen LogP contribution in [0.15, 0.2) is 56.3 Å². The Bertz CT molecular complexity index is 861. The highest BCUT2D eigenvalue weighted by Crippen LogP contribution is 2.34. The van der Waals surface area contributed by atoms with E-state index in [9.17, 15) is 13.5 Å². The molecule has 0 bridgehead atoms. The first-order valence-corrected chi connectivity index (χ1v) is 9.15. The zero-order valence-electron chi connectivity index (χ0n) is 10.9. The van der Waals surface area contributed by atoms with Crippen LogP contribution >= 0.6 is 23.1 Å². The SMILES string of the molecule is O=S(=O)(Nc1ccc(O)c(Sc2ncn[nH]2)c1)c1cccs1. The number of nitrogens with one attached hydrogen (secondary N) is 2. The lowest BCUT2D eigenvalue weighted by atomic mass is 10.3. The zero-order chi connectivity index (χ0) is 15.6. The molecule has 0 saturated carbocycles. The van der Waals surface area contributed by atoms with Gasteiger partial charge in [-0.3, -0.25) is 9.82 Å². The number of aromatic hydroxyl groups is 1. The van der Waals surface area contributed by atoms with Crippen molar-refractivity contribution in [2.75, 3.05) is 4.72 Å². The van der Waals surface area contributed by atoms with E-state index >= 15 is 0 Å². The van der Waals surface area contributed by atoms with Crippen LogP contribution in [0.2, 0.25) is 0 Å². The van der Waals surface area contributed by atoms with Gasteiger partial charge in [0, 0.05) is 0 Å². The average molecular weight is 354 g/mol. The fourth-order valence-corrected chi connectivity index (χ4v) is 4.44. The van der Waals surface area contributed by atoms with Gasteiger partial charge in [-0.2, -0.15) is 5.10 Å². The Morgan fingerprint density at radius 1 is 1.32 bits per heavy atom. The van der Waals surface area contributed by atoms with E-state index in [1.807, 2.05) is 0 Å². The van der Waals surface area contributed by atoms with Gasteiger partial charge < -0.3 is 5.11 Å². The summed E-state index contributed by atoms with van der Waals surface area (Å²) in [6.07, 6.45) is 1.35. The zero-order valence-corrected chi connectivity index (χ0v) is 13.4. The van der Waals surface area contributed by atoms with Crippen LogP contribution in [0.3, 0.4) is 0 Å². The molecule has 10 heteroatoms. The number of aromatic nitrogens is 3. The number of sulfonamides is 1. The van der Waals surface area contributed by atoms with Crippen molar-refractivity contribution in [3.63, 3.8) is 0 Å². The summed E-state index contributed by atoms with van der Waals surface area (Å²) in [5, 5.41) is 18.4. The molecule has 0 amide bonds. The van der Waals surface area contributed by atoms with Gasteiger partial charge in [-0.15, -0.1) is 11.3 Å². The van der Waals surface area contributed by atoms with E-state index in [0.717, 1.165) is 23.1 Å². The Morgan fingerprint density at radius 2 is 2.18 bits per heavy atom. The number of H-pyrrole nitrogens is 1. The number of benzene rings is 1. The van der Waals surface area contributed by atoms with E-state index in [2.05, 4.69) is 19.9 Å². The van der Waals surface area contributed by atoms with Crippen molar-refractivity contribution in [2.24, 2.45) is 0 Å². The van der Waals surface area contributed by atoms with E-state index in [1.165, 1.54) is 30.6 Å². The number of aromatic amines is 1. The van der Waals surface area contributed by atoms with E-state index in [1.54, 1.807) is 11.4 Å². The number of anilines is 1. The molecule has 0 saturated heterocycles. The number of nitrogens with zero attached hydrogens (tertiary/aromatic N) is 2. The molecule has 0 radical (unpaired) electrons. The van der Waals surface area contributed by atoms with Gasteiger partial charge in [0.05, 0.1) is 10.6 Å². The van der Waals surface area contributed by atoms with E-state index in [-0.39, 0.29) is 9.96 Å². The van der Waals surface area contributed by atoms with Crippen molar-refractivity contribution in [1.82, 2.24) is 15.2 Å². The molecule has 3 rings (SSSR count). The quantitative estimate of drug-likeness (QED) is 0.608. The second-order valence-corrected chi connectivity index (χ2v) is 8.00. The molecule has 0 aliphatic rings. The molecule has 0 aliphatic heterocycles. The van der Waals surface area contributed by atoms with Gasteiger partial charge >= 0.3 is 0 Å². The predicted molar refractivity (Wildman–Crippen MR) is 83.7 cm³/mol. The number of phenolic OH excluding ortho intramolecular Hbond substituents is 1. The fraction of sp³-hybridized carbons (Fsp3) is 0. The Hall–Kier alpha value is -2.04. The van der Waals surface area contributed by atoms with Crippen molar-refractivity contribution < 1.29 is 13.5 Å². The molecular weight excluding hydrogens is 344 g/mol. The summed E-state index contributed by atoms with van der Waals surface area (Å²) in [4.78, 5) is 4.41. The third-order valence-electron chi connectivity index (χ3n) is 2.57. The summed E-state index contributed by atoms with van der Waals surface area (Å²) in [7, 11) is -3.62. The highest BCUT2D eigenvalue weighted by molar-refractivity contribution is 7.99. The maximum absolute atomic E-state index is 12.2. The lowest BCUT2D eigenvalue weighted by molar-refractivity contribution is 0.462. The summed E-state index contributed by atoms with van der Waals surface area (Å²) in [5.41, 5.74) is 0.355. The third-order valence-corrected chi connectivity index (χ3v) is 6.29. The normalized spacial score (nSPS) is 11.5. The van der Waals surface area contributed by atoms with Crippen molar-refractivity contribution in [3.05, 3.63) is 42.0 Å². The molecule has 7 nitrogen and oxygen atoms in total. The molecule has 2 aromatic heterocycles. The minimum atomic E-state index is -3.62. The first-order chi connectivity index (χ1) is 10.5. The molecule has 2 heterocycles. The monoisotopic (exact) mass is 354 g/mol. The molecule has 22 heavy (non-hydrogen) atoms. The third kappa shape index (κ3) is 3.24. The average Bonchev–Trinajstić information content (AvgIpc) is 3.15. The second kappa shape index (κ2) is 5.99. The van der Waals surface area contributed by atoms with Crippen LogP contribution in [0, 0.1) is 0 Å². The molecular formula is C12H10N4O3S3. The van der Waals surface area contributed by atoms with Crippen LogP contribution in [0.25, 0.3) is 0 Å². The molecule has 0 atom stereocenters.